The molecule has 2 aromatic heterocycles. The summed E-state index contributed by atoms with van der Waals surface area (Å²) in [6.45, 7) is 0. The van der Waals surface area contributed by atoms with Crippen LogP contribution in [0.2, 0.25) is 0 Å². The Hall–Kier alpha value is -1.38. The molecular formula is C10H5BrN2OS. The fourth-order valence-corrected chi connectivity index (χ4v) is 2.52. The zero-order valence-electron chi connectivity index (χ0n) is 7.44. The third-order valence-electron chi connectivity index (χ3n) is 1.82. The number of aromatic nitrogens is 1. The van der Waals surface area contributed by atoms with Crippen LogP contribution < -0.4 is 0 Å². The van der Waals surface area contributed by atoms with Crippen molar-refractivity contribution in [3.05, 3.63) is 33.7 Å². The van der Waals surface area contributed by atoms with E-state index in [1.807, 2.05) is 17.5 Å². The molecule has 2 aromatic rings. The lowest BCUT2D eigenvalue weighted by Crippen LogP contribution is -1.83. The van der Waals surface area contributed by atoms with Crippen molar-refractivity contribution in [1.29, 1.82) is 5.26 Å². The van der Waals surface area contributed by atoms with Gasteiger partial charge in [0.15, 0.2) is 5.75 Å². The van der Waals surface area contributed by atoms with E-state index in [1.165, 1.54) is 17.5 Å². The highest BCUT2D eigenvalue weighted by molar-refractivity contribution is 9.10. The van der Waals surface area contributed by atoms with E-state index in [1.54, 1.807) is 6.07 Å². The van der Waals surface area contributed by atoms with Crippen molar-refractivity contribution < 1.29 is 5.11 Å². The summed E-state index contributed by atoms with van der Waals surface area (Å²) in [5, 5.41) is 20.0. The molecule has 0 saturated carbocycles. The Morgan fingerprint density at radius 1 is 1.47 bits per heavy atom. The number of hydrogen-bond donors (Lipinski definition) is 1. The Morgan fingerprint density at radius 3 is 2.87 bits per heavy atom. The van der Waals surface area contributed by atoms with Crippen molar-refractivity contribution in [1.82, 2.24) is 4.98 Å². The number of nitrogens with zero attached hydrogens (tertiary/aromatic N) is 2. The van der Waals surface area contributed by atoms with Gasteiger partial charge in [-0.1, -0.05) is 0 Å². The molecule has 0 saturated heterocycles. The van der Waals surface area contributed by atoms with Crippen LogP contribution in [-0.4, -0.2) is 10.1 Å². The molecule has 0 aromatic carbocycles. The molecule has 15 heavy (non-hydrogen) atoms. The summed E-state index contributed by atoms with van der Waals surface area (Å²) in [5.74, 6) is -0.0862. The number of thiophene rings is 1. The standard InChI is InChI=1S/C10H5BrN2OS/c11-7-2-10(15-5-7)8-1-6(3-12)9(14)4-13-8/h1-2,4-5,14H. The second-order valence-electron chi connectivity index (χ2n) is 2.83. The average molecular weight is 281 g/mol. The van der Waals surface area contributed by atoms with Gasteiger partial charge >= 0.3 is 0 Å². The third-order valence-corrected chi connectivity index (χ3v) is 3.54. The SMILES string of the molecule is N#Cc1cc(-c2cc(Br)cs2)ncc1O. The molecule has 0 radical (unpaired) electrons. The van der Waals surface area contributed by atoms with Crippen LogP contribution in [0, 0.1) is 11.3 Å². The van der Waals surface area contributed by atoms with Crippen LogP contribution in [-0.2, 0) is 0 Å². The molecule has 0 bridgehead atoms. The molecule has 1 N–H and O–H groups in total. The van der Waals surface area contributed by atoms with E-state index < -0.39 is 0 Å². The molecule has 0 atom stereocenters. The molecule has 0 spiro atoms. The molecule has 5 heteroatoms. The molecule has 2 heterocycles. The quantitative estimate of drug-likeness (QED) is 0.873. The van der Waals surface area contributed by atoms with E-state index in [2.05, 4.69) is 20.9 Å². The van der Waals surface area contributed by atoms with Crippen LogP contribution in [0.3, 0.4) is 0 Å². The van der Waals surface area contributed by atoms with E-state index in [4.69, 9.17) is 5.26 Å². The first kappa shape index (κ1) is 10.1. The highest BCUT2D eigenvalue weighted by atomic mass is 79.9. The van der Waals surface area contributed by atoms with Crippen molar-refractivity contribution in [2.75, 3.05) is 0 Å². The first-order valence-corrected chi connectivity index (χ1v) is 5.71. The van der Waals surface area contributed by atoms with E-state index in [0.717, 1.165) is 9.35 Å². The van der Waals surface area contributed by atoms with Gasteiger partial charge in [0.1, 0.15) is 6.07 Å². The van der Waals surface area contributed by atoms with Crippen LogP contribution in [0.15, 0.2) is 28.2 Å². The number of nitriles is 1. The van der Waals surface area contributed by atoms with Crippen molar-refractivity contribution >= 4 is 27.3 Å². The Balaban J connectivity index is 2.51. The van der Waals surface area contributed by atoms with Gasteiger partial charge < -0.3 is 5.11 Å². The monoisotopic (exact) mass is 280 g/mol. The highest BCUT2D eigenvalue weighted by Gasteiger charge is 2.07. The lowest BCUT2D eigenvalue weighted by atomic mass is 10.2. The van der Waals surface area contributed by atoms with Gasteiger partial charge in [-0.25, -0.2) is 0 Å². The summed E-state index contributed by atoms with van der Waals surface area (Å²) in [7, 11) is 0. The predicted molar refractivity (Wildman–Crippen MR) is 61.6 cm³/mol. The van der Waals surface area contributed by atoms with Gasteiger partial charge in [-0.15, -0.1) is 11.3 Å². The highest BCUT2D eigenvalue weighted by Crippen LogP contribution is 2.30. The lowest BCUT2D eigenvalue weighted by Gasteiger charge is -1.98. The summed E-state index contributed by atoms with van der Waals surface area (Å²) in [6, 6.07) is 5.41. The van der Waals surface area contributed by atoms with E-state index >= 15 is 0 Å². The van der Waals surface area contributed by atoms with E-state index in [9.17, 15) is 5.11 Å². The van der Waals surface area contributed by atoms with Crippen molar-refractivity contribution in [2.45, 2.75) is 0 Å². The Morgan fingerprint density at radius 2 is 2.27 bits per heavy atom. The van der Waals surface area contributed by atoms with Gasteiger partial charge in [0.05, 0.1) is 22.3 Å². The molecule has 0 amide bonds. The summed E-state index contributed by atoms with van der Waals surface area (Å²) < 4.78 is 0.982. The summed E-state index contributed by atoms with van der Waals surface area (Å²) in [6.07, 6.45) is 1.29. The maximum Gasteiger partial charge on any atom is 0.151 e. The molecule has 0 aliphatic carbocycles. The fourth-order valence-electron chi connectivity index (χ4n) is 1.12. The van der Waals surface area contributed by atoms with Gasteiger partial charge in [-0.05, 0) is 28.1 Å². The maximum atomic E-state index is 9.30. The van der Waals surface area contributed by atoms with Gasteiger partial charge in [0.25, 0.3) is 0 Å². The van der Waals surface area contributed by atoms with Crippen molar-refractivity contribution in [2.24, 2.45) is 0 Å². The summed E-state index contributed by atoms with van der Waals surface area (Å²) >= 11 is 4.87. The second kappa shape index (κ2) is 4.01. The van der Waals surface area contributed by atoms with Gasteiger partial charge in [-0.3, -0.25) is 4.98 Å². The van der Waals surface area contributed by atoms with Gasteiger partial charge in [0.2, 0.25) is 0 Å². The minimum absolute atomic E-state index is 0.0862. The smallest absolute Gasteiger partial charge is 0.151 e. The number of hydrogen-bond acceptors (Lipinski definition) is 4. The zero-order valence-corrected chi connectivity index (χ0v) is 9.84. The van der Waals surface area contributed by atoms with Crippen LogP contribution in [0.1, 0.15) is 5.56 Å². The Kier molecular flexibility index (Phi) is 2.71. The van der Waals surface area contributed by atoms with Crippen LogP contribution >= 0.6 is 27.3 Å². The van der Waals surface area contributed by atoms with E-state index in [0.29, 0.717) is 5.69 Å². The number of aromatic hydroxyl groups is 1. The van der Waals surface area contributed by atoms with E-state index in [-0.39, 0.29) is 11.3 Å². The fraction of sp³-hybridized carbons (Fsp3) is 0. The topological polar surface area (TPSA) is 56.9 Å². The third kappa shape index (κ3) is 2.01. The van der Waals surface area contributed by atoms with Crippen LogP contribution in [0.5, 0.6) is 5.75 Å². The molecule has 0 aliphatic heterocycles. The number of halogens is 1. The molecule has 0 fully saturated rings. The summed E-state index contributed by atoms with van der Waals surface area (Å²) in [4.78, 5) is 5.02. The van der Waals surface area contributed by atoms with Gasteiger partial charge in [-0.2, -0.15) is 5.26 Å². The first-order valence-electron chi connectivity index (χ1n) is 4.04. The van der Waals surface area contributed by atoms with Crippen molar-refractivity contribution in [3.63, 3.8) is 0 Å². The zero-order chi connectivity index (χ0) is 10.8. The average Bonchev–Trinajstić information content (AvgIpc) is 2.66. The number of pyridine rings is 1. The molecule has 2 rings (SSSR count). The molecule has 0 aliphatic rings. The maximum absolute atomic E-state index is 9.30. The first-order chi connectivity index (χ1) is 7.20. The Labute approximate surface area is 98.8 Å². The predicted octanol–water partition coefficient (Wildman–Crippen LogP) is 3.15. The second-order valence-corrected chi connectivity index (χ2v) is 4.65. The van der Waals surface area contributed by atoms with Gasteiger partial charge in [0, 0.05) is 9.85 Å². The molecule has 3 nitrogen and oxygen atoms in total. The van der Waals surface area contributed by atoms with Crippen molar-refractivity contribution in [3.8, 4) is 22.4 Å². The molecule has 74 valence electrons. The van der Waals surface area contributed by atoms with Crippen LogP contribution in [0.25, 0.3) is 10.6 Å². The minimum Gasteiger partial charge on any atom is -0.505 e. The largest absolute Gasteiger partial charge is 0.505 e. The molecular weight excluding hydrogens is 276 g/mol. The Bertz CT molecular complexity index is 545. The van der Waals surface area contributed by atoms with Crippen LogP contribution in [0.4, 0.5) is 0 Å². The molecule has 0 unspecified atom stereocenters. The number of rotatable bonds is 1. The lowest BCUT2D eigenvalue weighted by molar-refractivity contribution is 0.471. The normalized spacial score (nSPS) is 9.87. The minimum atomic E-state index is -0.0862. The summed E-state index contributed by atoms with van der Waals surface area (Å²) in [5.41, 5.74) is 0.935.